The van der Waals surface area contributed by atoms with Crippen LogP contribution in [0, 0.1) is 0 Å². The SMILES string of the molecule is c1ccc(-c2cccc(-c3cc(-c4ccccc4)nc(-c4ccccc4-c4ccc5c(c4)C4(c6ccccc6S5)c5ccccc5-c5ccccc54)n3)c2)cc1. The van der Waals surface area contributed by atoms with E-state index in [1.54, 1.807) is 0 Å². The highest BCUT2D eigenvalue weighted by Gasteiger charge is 2.50. The van der Waals surface area contributed by atoms with E-state index in [2.05, 4.69) is 200 Å². The molecule has 1 aliphatic carbocycles. The van der Waals surface area contributed by atoms with Crippen LogP contribution in [0.3, 0.4) is 0 Å². The first-order valence-corrected chi connectivity index (χ1v) is 19.9. The zero-order valence-corrected chi connectivity index (χ0v) is 31.2. The summed E-state index contributed by atoms with van der Waals surface area (Å²) in [5.41, 5.74) is 16.9. The third-order valence-corrected chi connectivity index (χ3v) is 12.5. The number of hydrogen-bond donors (Lipinski definition) is 0. The monoisotopic (exact) mass is 730 g/mol. The molecule has 8 aromatic carbocycles. The van der Waals surface area contributed by atoms with Crippen molar-refractivity contribution in [3.8, 4) is 67.3 Å². The summed E-state index contributed by atoms with van der Waals surface area (Å²) in [6, 6.07) is 74.4. The molecule has 262 valence electrons. The molecule has 0 radical (unpaired) electrons. The van der Waals surface area contributed by atoms with Crippen LogP contribution in [0.4, 0.5) is 0 Å². The Labute approximate surface area is 331 Å². The van der Waals surface area contributed by atoms with Crippen molar-refractivity contribution in [1.82, 2.24) is 9.97 Å². The molecule has 1 aromatic heterocycles. The van der Waals surface area contributed by atoms with Crippen LogP contribution in [-0.2, 0) is 5.41 Å². The highest BCUT2D eigenvalue weighted by Crippen LogP contribution is 2.62. The Morgan fingerprint density at radius 3 is 1.54 bits per heavy atom. The Morgan fingerprint density at radius 2 is 0.821 bits per heavy atom. The molecule has 0 unspecified atom stereocenters. The van der Waals surface area contributed by atoms with Crippen LogP contribution in [0.1, 0.15) is 22.3 Å². The summed E-state index contributed by atoms with van der Waals surface area (Å²) in [6.07, 6.45) is 0. The van der Waals surface area contributed by atoms with Crippen molar-refractivity contribution in [2.24, 2.45) is 0 Å². The molecule has 1 aliphatic heterocycles. The van der Waals surface area contributed by atoms with Crippen LogP contribution in [0.5, 0.6) is 0 Å². The van der Waals surface area contributed by atoms with E-state index in [-0.39, 0.29) is 0 Å². The Kier molecular flexibility index (Phi) is 7.68. The fourth-order valence-corrected chi connectivity index (χ4v) is 10.1. The molecule has 9 aromatic rings. The number of rotatable bonds is 5. The van der Waals surface area contributed by atoms with Crippen molar-refractivity contribution in [3.63, 3.8) is 0 Å². The van der Waals surface area contributed by atoms with Crippen molar-refractivity contribution in [2.45, 2.75) is 15.2 Å². The van der Waals surface area contributed by atoms with Gasteiger partial charge in [-0.15, -0.1) is 0 Å². The minimum atomic E-state index is -0.448. The first-order valence-electron chi connectivity index (χ1n) is 19.1. The van der Waals surface area contributed by atoms with Crippen LogP contribution in [0.25, 0.3) is 67.3 Å². The molecule has 0 N–H and O–H groups in total. The van der Waals surface area contributed by atoms with E-state index in [0.717, 1.165) is 44.8 Å². The van der Waals surface area contributed by atoms with Crippen molar-refractivity contribution < 1.29 is 0 Å². The zero-order chi connectivity index (χ0) is 37.1. The highest BCUT2D eigenvalue weighted by atomic mass is 32.2. The fourth-order valence-electron chi connectivity index (χ4n) is 8.91. The van der Waals surface area contributed by atoms with E-state index < -0.39 is 5.41 Å². The predicted molar refractivity (Wildman–Crippen MR) is 231 cm³/mol. The number of fused-ring (bicyclic) bond motifs is 9. The van der Waals surface area contributed by atoms with E-state index in [9.17, 15) is 0 Å². The minimum absolute atomic E-state index is 0.448. The summed E-state index contributed by atoms with van der Waals surface area (Å²) < 4.78 is 0. The van der Waals surface area contributed by atoms with Gasteiger partial charge in [0.05, 0.1) is 16.8 Å². The van der Waals surface area contributed by atoms with E-state index in [1.807, 2.05) is 17.8 Å². The zero-order valence-electron chi connectivity index (χ0n) is 30.4. The summed E-state index contributed by atoms with van der Waals surface area (Å²) in [5.74, 6) is 0.700. The van der Waals surface area contributed by atoms with Gasteiger partial charge in [-0.25, -0.2) is 9.97 Å². The lowest BCUT2D eigenvalue weighted by atomic mass is 9.67. The lowest BCUT2D eigenvalue weighted by Gasteiger charge is -2.40. The van der Waals surface area contributed by atoms with Gasteiger partial charge in [0.15, 0.2) is 5.82 Å². The van der Waals surface area contributed by atoms with E-state index >= 15 is 0 Å². The lowest BCUT2D eigenvalue weighted by Crippen LogP contribution is -2.32. The van der Waals surface area contributed by atoms with Crippen molar-refractivity contribution in [2.75, 3.05) is 0 Å². The third-order valence-electron chi connectivity index (χ3n) is 11.4. The number of nitrogens with zero attached hydrogens (tertiary/aromatic N) is 2. The maximum Gasteiger partial charge on any atom is 0.161 e. The third kappa shape index (κ3) is 5.12. The van der Waals surface area contributed by atoms with Crippen molar-refractivity contribution >= 4 is 11.8 Å². The van der Waals surface area contributed by atoms with Gasteiger partial charge in [-0.1, -0.05) is 188 Å². The van der Waals surface area contributed by atoms with Gasteiger partial charge in [0.25, 0.3) is 0 Å². The standard InChI is InChI=1S/C53H34N2S/c1-3-16-35(17-4-1)37-20-15-21-39(32-37)49-34-48(36-18-5-2-6-19-36)54-52(55-49)43-25-8-7-22-40(43)38-30-31-51-47(33-38)53(46-28-13-14-29-50(46)56-51)44-26-11-9-23-41(44)42-24-10-12-27-45(42)53/h1-34H. The maximum absolute atomic E-state index is 5.35. The second kappa shape index (κ2) is 13.2. The predicted octanol–water partition coefficient (Wildman–Crippen LogP) is 13.6. The average molecular weight is 731 g/mol. The molecule has 3 heteroatoms. The molecule has 0 saturated carbocycles. The minimum Gasteiger partial charge on any atom is -0.228 e. The van der Waals surface area contributed by atoms with Gasteiger partial charge in [0, 0.05) is 26.5 Å². The van der Waals surface area contributed by atoms with Gasteiger partial charge in [-0.3, -0.25) is 0 Å². The smallest absolute Gasteiger partial charge is 0.161 e. The highest BCUT2D eigenvalue weighted by molar-refractivity contribution is 7.99. The van der Waals surface area contributed by atoms with E-state index in [1.165, 1.54) is 48.7 Å². The summed E-state index contributed by atoms with van der Waals surface area (Å²) in [7, 11) is 0. The van der Waals surface area contributed by atoms with E-state index in [0.29, 0.717) is 5.82 Å². The Morgan fingerprint density at radius 1 is 0.304 bits per heavy atom. The molecule has 2 aliphatic rings. The van der Waals surface area contributed by atoms with E-state index in [4.69, 9.17) is 9.97 Å². The second-order valence-corrected chi connectivity index (χ2v) is 15.6. The molecule has 1 spiro atoms. The molecule has 2 heterocycles. The van der Waals surface area contributed by atoms with Gasteiger partial charge in [-0.05, 0) is 86.0 Å². The number of benzene rings is 8. The Hall–Kier alpha value is -6.81. The van der Waals surface area contributed by atoms with Crippen LogP contribution in [-0.4, -0.2) is 9.97 Å². The normalized spacial score (nSPS) is 13.1. The van der Waals surface area contributed by atoms with Crippen LogP contribution < -0.4 is 0 Å². The first-order chi connectivity index (χ1) is 27.8. The largest absolute Gasteiger partial charge is 0.228 e. The summed E-state index contributed by atoms with van der Waals surface area (Å²) >= 11 is 1.87. The van der Waals surface area contributed by atoms with Crippen molar-refractivity contribution in [3.05, 3.63) is 229 Å². The molecular formula is C53H34N2S. The van der Waals surface area contributed by atoms with Gasteiger partial charge < -0.3 is 0 Å². The summed E-state index contributed by atoms with van der Waals surface area (Å²) in [5, 5.41) is 0. The molecule has 0 saturated heterocycles. The fraction of sp³-hybridized carbons (Fsp3) is 0.0189. The molecule has 0 atom stereocenters. The number of aromatic nitrogens is 2. The van der Waals surface area contributed by atoms with Crippen LogP contribution >= 0.6 is 11.8 Å². The Bertz CT molecular complexity index is 2910. The molecule has 0 fully saturated rings. The van der Waals surface area contributed by atoms with Crippen molar-refractivity contribution in [1.29, 1.82) is 0 Å². The van der Waals surface area contributed by atoms with Gasteiger partial charge in [-0.2, -0.15) is 0 Å². The molecule has 11 rings (SSSR count). The summed E-state index contributed by atoms with van der Waals surface area (Å²) in [4.78, 5) is 13.2. The Balaban J connectivity index is 1.12. The number of hydrogen-bond acceptors (Lipinski definition) is 3. The van der Waals surface area contributed by atoms with Gasteiger partial charge >= 0.3 is 0 Å². The topological polar surface area (TPSA) is 25.8 Å². The quantitative estimate of drug-likeness (QED) is 0.176. The van der Waals surface area contributed by atoms with Gasteiger partial charge in [0.1, 0.15) is 0 Å². The van der Waals surface area contributed by atoms with Crippen LogP contribution in [0.15, 0.2) is 216 Å². The van der Waals surface area contributed by atoms with Crippen LogP contribution in [0.2, 0.25) is 0 Å². The maximum atomic E-state index is 5.35. The second-order valence-electron chi connectivity index (χ2n) is 14.5. The molecule has 2 nitrogen and oxygen atoms in total. The summed E-state index contributed by atoms with van der Waals surface area (Å²) in [6.45, 7) is 0. The molecule has 0 bridgehead atoms. The average Bonchev–Trinajstić information content (AvgIpc) is 3.57. The molecular weight excluding hydrogens is 697 g/mol. The molecule has 56 heavy (non-hydrogen) atoms. The molecule has 0 amide bonds. The van der Waals surface area contributed by atoms with Gasteiger partial charge in [0.2, 0.25) is 0 Å². The first kappa shape index (κ1) is 32.6. The lowest BCUT2D eigenvalue weighted by molar-refractivity contribution is 0.723.